The molecule has 0 spiro atoms. The number of Topliss-reactive ketones (excluding diaryl/α,β-unsaturated/α-hetero) is 1. The van der Waals surface area contributed by atoms with Crippen LogP contribution in [0.4, 0.5) is 9.52 Å². The first-order valence-electron chi connectivity index (χ1n) is 11.0. The summed E-state index contributed by atoms with van der Waals surface area (Å²) in [5.41, 5.74) is 0.810. The Morgan fingerprint density at radius 3 is 2.33 bits per heavy atom. The van der Waals surface area contributed by atoms with Crippen molar-refractivity contribution >= 4 is 39.9 Å². The zero-order valence-electron chi connectivity index (χ0n) is 19.9. The van der Waals surface area contributed by atoms with Crippen molar-refractivity contribution in [1.82, 2.24) is 4.98 Å². The fraction of sp³-hybridized carbons (Fsp3) is 0.231. The number of ether oxygens (including phenoxy) is 2. The van der Waals surface area contributed by atoms with Crippen molar-refractivity contribution < 1.29 is 33.4 Å². The number of benzene rings is 2. The summed E-state index contributed by atoms with van der Waals surface area (Å²) < 4.78 is 24.1. The first-order chi connectivity index (χ1) is 17.1. The van der Waals surface area contributed by atoms with Gasteiger partial charge in [-0.2, -0.15) is 0 Å². The first-order valence-corrected chi connectivity index (χ1v) is 11.8. The molecule has 1 aliphatic heterocycles. The molecule has 1 atom stereocenters. The minimum absolute atomic E-state index is 0.0510. The van der Waals surface area contributed by atoms with Crippen LogP contribution in [0.1, 0.15) is 46.4 Å². The molecule has 1 N–H and O–H groups in total. The standard InChI is InChI=1S/C26H23FN2O6S/c1-13(2)35-18-11-7-16(8-12-18)21(30)19-20(15-5-9-17(27)10-6-15)29(24(32)22(19)31)26-28-14(3)23(36-26)25(33)34-4/h5-13,20,30H,1-4H3/b21-19+. The number of aryl methyl sites for hydroxylation is 1. The number of aromatic nitrogens is 1. The summed E-state index contributed by atoms with van der Waals surface area (Å²) in [6, 6.07) is 10.6. The number of nitrogens with zero attached hydrogens (tertiary/aromatic N) is 2. The number of thiazole rings is 1. The molecular formula is C26H23FN2O6S. The topological polar surface area (TPSA) is 106 Å². The van der Waals surface area contributed by atoms with E-state index in [4.69, 9.17) is 9.47 Å². The van der Waals surface area contributed by atoms with Crippen LogP contribution in [-0.4, -0.2) is 41.0 Å². The van der Waals surface area contributed by atoms with Gasteiger partial charge in [0.15, 0.2) is 5.13 Å². The molecule has 186 valence electrons. The summed E-state index contributed by atoms with van der Waals surface area (Å²) in [5.74, 6) is -2.83. The average Bonchev–Trinajstić information content (AvgIpc) is 3.35. The maximum Gasteiger partial charge on any atom is 0.350 e. The molecule has 1 amide bonds. The zero-order valence-corrected chi connectivity index (χ0v) is 20.8. The van der Waals surface area contributed by atoms with Crippen LogP contribution >= 0.6 is 11.3 Å². The van der Waals surface area contributed by atoms with Crippen molar-refractivity contribution in [3.63, 3.8) is 0 Å². The number of halogens is 1. The molecule has 0 saturated carbocycles. The van der Waals surface area contributed by atoms with Gasteiger partial charge in [0.25, 0.3) is 5.78 Å². The summed E-state index contributed by atoms with van der Waals surface area (Å²) in [7, 11) is 1.23. The van der Waals surface area contributed by atoms with Gasteiger partial charge < -0.3 is 14.6 Å². The highest BCUT2D eigenvalue weighted by Gasteiger charge is 2.48. The van der Waals surface area contributed by atoms with Crippen LogP contribution < -0.4 is 9.64 Å². The average molecular weight is 511 g/mol. The smallest absolute Gasteiger partial charge is 0.350 e. The molecule has 0 aliphatic carbocycles. The van der Waals surface area contributed by atoms with Gasteiger partial charge in [-0.3, -0.25) is 14.5 Å². The lowest BCUT2D eigenvalue weighted by molar-refractivity contribution is -0.132. The number of ketones is 1. The van der Waals surface area contributed by atoms with Crippen molar-refractivity contribution in [2.45, 2.75) is 32.9 Å². The summed E-state index contributed by atoms with van der Waals surface area (Å²) in [5, 5.41) is 11.3. The van der Waals surface area contributed by atoms with E-state index in [1.54, 1.807) is 31.2 Å². The molecule has 1 unspecified atom stereocenters. The number of rotatable bonds is 6. The van der Waals surface area contributed by atoms with Crippen molar-refractivity contribution in [2.75, 3.05) is 12.0 Å². The number of anilines is 1. The molecule has 3 aromatic rings. The third-order valence-corrected chi connectivity index (χ3v) is 6.63. The Morgan fingerprint density at radius 2 is 1.75 bits per heavy atom. The van der Waals surface area contributed by atoms with Gasteiger partial charge >= 0.3 is 11.9 Å². The van der Waals surface area contributed by atoms with Crippen molar-refractivity contribution in [3.8, 4) is 5.75 Å². The number of aliphatic hydroxyl groups is 1. The number of aliphatic hydroxyl groups excluding tert-OH is 1. The molecule has 1 aromatic heterocycles. The molecular weight excluding hydrogens is 487 g/mol. The highest BCUT2D eigenvalue weighted by atomic mass is 32.1. The van der Waals surface area contributed by atoms with Crippen LogP contribution in [0.3, 0.4) is 0 Å². The molecule has 1 aliphatic rings. The second kappa shape index (κ2) is 9.90. The second-order valence-corrected chi connectivity index (χ2v) is 9.29. The van der Waals surface area contributed by atoms with E-state index in [-0.39, 0.29) is 21.7 Å². The molecule has 4 rings (SSSR count). The minimum Gasteiger partial charge on any atom is -0.507 e. The predicted octanol–water partition coefficient (Wildman–Crippen LogP) is 4.79. The Bertz CT molecular complexity index is 1360. The van der Waals surface area contributed by atoms with E-state index < -0.39 is 35.3 Å². The molecule has 2 aromatic carbocycles. The molecule has 1 fully saturated rings. The summed E-state index contributed by atoms with van der Waals surface area (Å²) in [4.78, 5) is 44.2. The van der Waals surface area contributed by atoms with Crippen molar-refractivity contribution in [1.29, 1.82) is 0 Å². The van der Waals surface area contributed by atoms with Crippen molar-refractivity contribution in [2.24, 2.45) is 0 Å². The lowest BCUT2D eigenvalue weighted by Crippen LogP contribution is -2.29. The number of hydrogen-bond acceptors (Lipinski definition) is 8. The Hall–Kier alpha value is -4.05. The van der Waals surface area contributed by atoms with Crippen LogP contribution in [0.25, 0.3) is 5.76 Å². The van der Waals surface area contributed by atoms with Gasteiger partial charge in [-0.25, -0.2) is 14.2 Å². The summed E-state index contributed by atoms with van der Waals surface area (Å²) >= 11 is 0.886. The summed E-state index contributed by atoms with van der Waals surface area (Å²) in [6.45, 7) is 5.34. The van der Waals surface area contributed by atoms with Gasteiger partial charge in [0.1, 0.15) is 22.2 Å². The van der Waals surface area contributed by atoms with Gasteiger partial charge in [0.2, 0.25) is 0 Å². The van der Waals surface area contributed by atoms with Gasteiger partial charge in [-0.15, -0.1) is 0 Å². The number of methoxy groups -OCH3 is 1. The van der Waals surface area contributed by atoms with E-state index in [0.29, 0.717) is 22.6 Å². The Labute approximate surface area is 210 Å². The van der Waals surface area contributed by atoms with Gasteiger partial charge in [0, 0.05) is 5.56 Å². The predicted molar refractivity (Wildman–Crippen MR) is 132 cm³/mol. The fourth-order valence-corrected chi connectivity index (χ4v) is 4.89. The monoisotopic (exact) mass is 510 g/mol. The third kappa shape index (κ3) is 4.59. The number of carbonyl (C=O) groups excluding carboxylic acids is 3. The molecule has 8 nitrogen and oxygen atoms in total. The van der Waals surface area contributed by atoms with Crippen molar-refractivity contribution in [3.05, 3.63) is 81.6 Å². The molecule has 1 saturated heterocycles. The normalized spacial score (nSPS) is 17.1. The Balaban J connectivity index is 1.87. The van der Waals surface area contributed by atoms with E-state index in [0.717, 1.165) is 16.2 Å². The number of carbonyl (C=O) groups is 3. The van der Waals surface area contributed by atoms with Crippen LogP contribution in [0.2, 0.25) is 0 Å². The number of esters is 1. The van der Waals surface area contributed by atoms with Gasteiger partial charge in [-0.05, 0) is 62.7 Å². The molecule has 0 bridgehead atoms. The highest BCUT2D eigenvalue weighted by Crippen LogP contribution is 2.44. The number of hydrogen-bond donors (Lipinski definition) is 1. The van der Waals surface area contributed by atoms with Gasteiger partial charge in [0.05, 0.1) is 30.5 Å². The van der Waals surface area contributed by atoms with Crippen LogP contribution in [0.15, 0.2) is 54.1 Å². The van der Waals surface area contributed by atoms with E-state index >= 15 is 0 Å². The third-order valence-electron chi connectivity index (χ3n) is 5.49. The molecule has 2 heterocycles. The SMILES string of the molecule is COC(=O)c1sc(N2C(=O)C(=O)/C(=C(/O)c3ccc(OC(C)C)cc3)C2c2ccc(F)cc2)nc1C. The van der Waals surface area contributed by atoms with Crippen LogP contribution in [0, 0.1) is 12.7 Å². The van der Waals surface area contributed by atoms with E-state index in [1.807, 2.05) is 13.8 Å². The Kier molecular flexibility index (Phi) is 6.89. The highest BCUT2D eigenvalue weighted by molar-refractivity contribution is 7.17. The number of amides is 1. The Morgan fingerprint density at radius 1 is 1.11 bits per heavy atom. The van der Waals surface area contributed by atoms with E-state index in [2.05, 4.69) is 4.98 Å². The second-order valence-electron chi connectivity index (χ2n) is 8.31. The minimum atomic E-state index is -1.10. The summed E-state index contributed by atoms with van der Waals surface area (Å²) in [6.07, 6.45) is -0.0510. The van der Waals surface area contributed by atoms with Gasteiger partial charge in [-0.1, -0.05) is 23.5 Å². The fourth-order valence-electron chi connectivity index (χ4n) is 3.88. The van der Waals surface area contributed by atoms with E-state index in [1.165, 1.54) is 31.4 Å². The zero-order chi connectivity index (χ0) is 26.1. The molecule has 0 radical (unpaired) electrons. The maximum atomic E-state index is 13.7. The quantitative estimate of drug-likeness (QED) is 0.220. The maximum absolute atomic E-state index is 13.7. The van der Waals surface area contributed by atoms with Crippen LogP contribution in [0.5, 0.6) is 5.75 Å². The lowest BCUT2D eigenvalue weighted by Gasteiger charge is -2.23. The van der Waals surface area contributed by atoms with E-state index in [9.17, 15) is 23.9 Å². The molecule has 36 heavy (non-hydrogen) atoms. The van der Waals surface area contributed by atoms with Crippen LogP contribution in [-0.2, 0) is 14.3 Å². The first kappa shape index (κ1) is 25.1. The largest absolute Gasteiger partial charge is 0.507 e. The molecule has 10 heteroatoms. The lowest BCUT2D eigenvalue weighted by atomic mass is 9.95.